The van der Waals surface area contributed by atoms with Gasteiger partial charge in [0.25, 0.3) is 0 Å². The Morgan fingerprint density at radius 3 is 1.50 bits per heavy atom. The van der Waals surface area contributed by atoms with Crippen LogP contribution in [0.3, 0.4) is 0 Å². The Kier molecular flexibility index (Phi) is 10.8. The molecule has 0 rings (SSSR count). The zero-order valence-electron chi connectivity index (χ0n) is 10.7. The van der Waals surface area contributed by atoms with Gasteiger partial charge in [-0.1, -0.05) is 0 Å². The van der Waals surface area contributed by atoms with Gasteiger partial charge >= 0.3 is 11.9 Å². The minimum Gasteiger partial charge on any atom is -0.456 e. The number of carbonyl (C=O) groups is 2. The minimum atomic E-state index is -0.750. The lowest BCUT2D eigenvalue weighted by atomic mass is 10.5. The second kappa shape index (κ2) is 11.9. The Hall–Kier alpha value is -1.58. The standard InChI is InChI=1S/C12H18O6/c1-15-7-3-9-17-11(13)5-6-12(14)18-10-4-8-16-2/h3-4,7-10H2,1-2H3. The van der Waals surface area contributed by atoms with Gasteiger partial charge < -0.3 is 18.9 Å². The van der Waals surface area contributed by atoms with Gasteiger partial charge in [0, 0.05) is 52.1 Å². The summed E-state index contributed by atoms with van der Waals surface area (Å²) >= 11 is 0. The highest BCUT2D eigenvalue weighted by Crippen LogP contribution is 1.86. The van der Waals surface area contributed by atoms with Gasteiger partial charge in [-0.25, -0.2) is 9.59 Å². The fraction of sp³-hybridized carbons (Fsp3) is 0.667. The molecular formula is C12H18O6. The molecule has 0 aliphatic rings. The van der Waals surface area contributed by atoms with E-state index in [1.807, 2.05) is 11.8 Å². The summed E-state index contributed by atoms with van der Waals surface area (Å²) < 4.78 is 19.0. The molecular weight excluding hydrogens is 240 g/mol. The van der Waals surface area contributed by atoms with Crippen LogP contribution >= 0.6 is 0 Å². The zero-order valence-corrected chi connectivity index (χ0v) is 10.7. The van der Waals surface area contributed by atoms with Gasteiger partial charge in [-0.3, -0.25) is 0 Å². The third kappa shape index (κ3) is 10.9. The lowest BCUT2D eigenvalue weighted by Gasteiger charge is -1.99. The van der Waals surface area contributed by atoms with Crippen LogP contribution in [-0.4, -0.2) is 52.6 Å². The first-order chi connectivity index (χ1) is 8.70. The Balaban J connectivity index is 3.65. The van der Waals surface area contributed by atoms with Crippen LogP contribution in [0.5, 0.6) is 0 Å². The molecule has 0 bridgehead atoms. The van der Waals surface area contributed by atoms with Crippen molar-refractivity contribution in [3.8, 4) is 11.8 Å². The highest BCUT2D eigenvalue weighted by molar-refractivity contribution is 5.98. The van der Waals surface area contributed by atoms with E-state index in [1.54, 1.807) is 14.2 Å². The molecule has 18 heavy (non-hydrogen) atoms. The molecule has 0 amide bonds. The average molecular weight is 258 g/mol. The van der Waals surface area contributed by atoms with Crippen LogP contribution in [-0.2, 0) is 28.5 Å². The van der Waals surface area contributed by atoms with Gasteiger partial charge in [0.2, 0.25) is 0 Å². The molecule has 0 spiro atoms. The number of carbonyl (C=O) groups excluding carboxylic acids is 2. The zero-order chi connectivity index (χ0) is 13.6. The fourth-order valence-electron chi connectivity index (χ4n) is 0.910. The molecule has 0 heterocycles. The predicted octanol–water partition coefficient (Wildman–Crippen LogP) is 0.149. The number of hydrogen-bond donors (Lipinski definition) is 0. The molecule has 0 fully saturated rings. The Bertz CT molecular complexity index is 273. The van der Waals surface area contributed by atoms with E-state index in [2.05, 4.69) is 0 Å². The van der Waals surface area contributed by atoms with Crippen LogP contribution in [0, 0.1) is 11.8 Å². The summed E-state index contributed by atoms with van der Waals surface area (Å²) in [5.74, 6) is 2.58. The van der Waals surface area contributed by atoms with Crippen molar-refractivity contribution >= 4 is 11.9 Å². The second-order valence-electron chi connectivity index (χ2n) is 3.21. The molecule has 0 saturated heterocycles. The van der Waals surface area contributed by atoms with Gasteiger partial charge in [-0.2, -0.15) is 0 Å². The number of hydrogen-bond acceptors (Lipinski definition) is 6. The molecule has 0 N–H and O–H groups in total. The van der Waals surface area contributed by atoms with E-state index in [-0.39, 0.29) is 13.2 Å². The third-order valence-electron chi connectivity index (χ3n) is 1.72. The van der Waals surface area contributed by atoms with Crippen molar-refractivity contribution in [2.45, 2.75) is 12.8 Å². The summed E-state index contributed by atoms with van der Waals surface area (Å²) in [6, 6.07) is 0. The SMILES string of the molecule is COCCCOC(=O)C#CC(=O)OCCCOC. The van der Waals surface area contributed by atoms with Crippen molar-refractivity contribution in [2.75, 3.05) is 40.6 Å². The normalized spacial score (nSPS) is 9.22. The van der Waals surface area contributed by atoms with E-state index in [4.69, 9.17) is 18.9 Å². The maximum Gasteiger partial charge on any atom is 0.384 e. The van der Waals surface area contributed by atoms with Crippen molar-refractivity contribution in [1.82, 2.24) is 0 Å². The predicted molar refractivity (Wildman–Crippen MR) is 62.7 cm³/mol. The maximum atomic E-state index is 11.0. The molecule has 0 aromatic heterocycles. The molecule has 102 valence electrons. The number of ether oxygens (including phenoxy) is 4. The van der Waals surface area contributed by atoms with E-state index in [0.29, 0.717) is 26.1 Å². The smallest absolute Gasteiger partial charge is 0.384 e. The first kappa shape index (κ1) is 16.4. The molecule has 0 aliphatic heterocycles. The van der Waals surface area contributed by atoms with Crippen LogP contribution in [0.4, 0.5) is 0 Å². The second-order valence-corrected chi connectivity index (χ2v) is 3.21. The van der Waals surface area contributed by atoms with Crippen LogP contribution in [0.1, 0.15) is 12.8 Å². The van der Waals surface area contributed by atoms with Gasteiger partial charge in [0.15, 0.2) is 0 Å². The largest absolute Gasteiger partial charge is 0.456 e. The molecule has 6 heteroatoms. The monoisotopic (exact) mass is 258 g/mol. The van der Waals surface area contributed by atoms with Crippen molar-refractivity contribution < 1.29 is 28.5 Å². The molecule has 0 saturated carbocycles. The minimum absolute atomic E-state index is 0.213. The van der Waals surface area contributed by atoms with E-state index in [1.165, 1.54) is 0 Å². The average Bonchev–Trinajstić information content (AvgIpc) is 2.37. The summed E-state index contributed by atoms with van der Waals surface area (Å²) in [7, 11) is 3.11. The van der Waals surface area contributed by atoms with E-state index in [9.17, 15) is 9.59 Å². The van der Waals surface area contributed by atoms with Crippen LogP contribution in [0.25, 0.3) is 0 Å². The summed E-state index contributed by atoms with van der Waals surface area (Å²) in [4.78, 5) is 22.0. The lowest BCUT2D eigenvalue weighted by molar-refractivity contribution is -0.139. The Labute approximate surface area is 107 Å². The van der Waals surface area contributed by atoms with Crippen molar-refractivity contribution in [3.63, 3.8) is 0 Å². The van der Waals surface area contributed by atoms with Crippen molar-refractivity contribution in [1.29, 1.82) is 0 Å². The Morgan fingerprint density at radius 1 is 0.778 bits per heavy atom. The number of esters is 2. The quantitative estimate of drug-likeness (QED) is 0.267. The van der Waals surface area contributed by atoms with Crippen LogP contribution in [0.15, 0.2) is 0 Å². The molecule has 0 aliphatic carbocycles. The first-order valence-electron chi connectivity index (χ1n) is 5.54. The fourth-order valence-corrected chi connectivity index (χ4v) is 0.910. The van der Waals surface area contributed by atoms with Gasteiger partial charge in [0.05, 0.1) is 13.2 Å². The van der Waals surface area contributed by atoms with Crippen molar-refractivity contribution in [2.24, 2.45) is 0 Å². The highest BCUT2D eigenvalue weighted by atomic mass is 16.5. The number of methoxy groups -OCH3 is 2. The molecule has 0 aromatic carbocycles. The topological polar surface area (TPSA) is 71.1 Å². The van der Waals surface area contributed by atoms with Gasteiger partial charge in [0.1, 0.15) is 0 Å². The molecule has 0 unspecified atom stereocenters. The molecule has 0 radical (unpaired) electrons. The summed E-state index contributed by atoms with van der Waals surface area (Å²) in [6.07, 6.45) is 1.18. The Morgan fingerprint density at radius 2 is 1.17 bits per heavy atom. The third-order valence-corrected chi connectivity index (χ3v) is 1.72. The van der Waals surface area contributed by atoms with Crippen LogP contribution in [0.2, 0.25) is 0 Å². The summed E-state index contributed by atoms with van der Waals surface area (Å²) in [6.45, 7) is 1.43. The summed E-state index contributed by atoms with van der Waals surface area (Å²) in [5.41, 5.74) is 0. The summed E-state index contributed by atoms with van der Waals surface area (Å²) in [5, 5.41) is 0. The van der Waals surface area contributed by atoms with E-state index in [0.717, 1.165) is 0 Å². The van der Waals surface area contributed by atoms with Crippen molar-refractivity contribution in [3.05, 3.63) is 0 Å². The lowest BCUT2D eigenvalue weighted by Crippen LogP contribution is -2.08. The van der Waals surface area contributed by atoms with Gasteiger partial charge in [-0.15, -0.1) is 0 Å². The van der Waals surface area contributed by atoms with E-state index >= 15 is 0 Å². The maximum absolute atomic E-state index is 11.0. The first-order valence-corrected chi connectivity index (χ1v) is 5.54. The van der Waals surface area contributed by atoms with Gasteiger partial charge in [-0.05, 0) is 0 Å². The molecule has 0 aromatic rings. The molecule has 0 atom stereocenters. The highest BCUT2D eigenvalue weighted by Gasteiger charge is 2.00. The molecule has 6 nitrogen and oxygen atoms in total. The number of rotatable bonds is 8. The van der Waals surface area contributed by atoms with Crippen LogP contribution < -0.4 is 0 Å². The van der Waals surface area contributed by atoms with E-state index < -0.39 is 11.9 Å².